The van der Waals surface area contributed by atoms with E-state index < -0.39 is 0 Å². The van der Waals surface area contributed by atoms with Gasteiger partial charge < -0.3 is 9.64 Å². The number of nitrogens with zero attached hydrogens (tertiary/aromatic N) is 2. The number of halogens is 1. The molecule has 0 aliphatic carbocycles. The zero-order valence-corrected chi connectivity index (χ0v) is 18.1. The Balaban J connectivity index is 1.58. The summed E-state index contributed by atoms with van der Waals surface area (Å²) in [5.41, 5.74) is 4.81. The largest absolute Gasteiger partial charge is 0.462 e. The second kappa shape index (κ2) is 9.89. The minimum Gasteiger partial charge on any atom is -0.462 e. The minimum atomic E-state index is -0.289. The van der Waals surface area contributed by atoms with Crippen molar-refractivity contribution in [3.8, 4) is 6.07 Å². The molecule has 0 spiro atoms. The van der Waals surface area contributed by atoms with Crippen LogP contribution in [0.5, 0.6) is 0 Å². The van der Waals surface area contributed by atoms with Crippen molar-refractivity contribution in [3.05, 3.63) is 64.7 Å². The van der Waals surface area contributed by atoms with Crippen LogP contribution in [0, 0.1) is 11.3 Å². The van der Waals surface area contributed by atoms with Crippen molar-refractivity contribution in [2.24, 2.45) is 0 Å². The monoisotopic (exact) mass is 489 g/mol. The van der Waals surface area contributed by atoms with Crippen molar-refractivity contribution in [3.63, 3.8) is 0 Å². The van der Waals surface area contributed by atoms with Crippen LogP contribution in [0.3, 0.4) is 0 Å². The average molecular weight is 489 g/mol. The highest BCUT2D eigenvalue weighted by Crippen LogP contribution is 2.33. The minimum absolute atomic E-state index is 0.289. The molecule has 146 valence electrons. The maximum absolute atomic E-state index is 12.0. The Morgan fingerprint density at radius 3 is 2.86 bits per heavy atom. The summed E-state index contributed by atoms with van der Waals surface area (Å²) >= 11 is 2.17. The van der Waals surface area contributed by atoms with Crippen molar-refractivity contribution < 1.29 is 9.53 Å². The number of nitrogens with one attached hydrogen (secondary N) is 1. The molecule has 1 heterocycles. The van der Waals surface area contributed by atoms with Gasteiger partial charge in [-0.1, -0.05) is 24.3 Å². The molecule has 0 saturated heterocycles. The van der Waals surface area contributed by atoms with Gasteiger partial charge in [0.2, 0.25) is 0 Å². The molecule has 0 fully saturated rings. The van der Waals surface area contributed by atoms with E-state index in [-0.39, 0.29) is 5.97 Å². The maximum atomic E-state index is 12.0. The molecule has 1 aliphatic rings. The van der Waals surface area contributed by atoms with E-state index in [2.05, 4.69) is 50.4 Å². The third-order valence-electron chi connectivity index (χ3n) is 4.88. The molecule has 2 aromatic carbocycles. The number of anilines is 1. The SMILES string of the molecule is C[C@H](Cc1cc(C#N)c2c(c1)CCN2CCCOC(=O)c1ccccc1)NI. The van der Waals surface area contributed by atoms with E-state index >= 15 is 0 Å². The standard InChI is InChI=1S/C22H24IN3O2/c1-16(25-23)12-17-13-19-8-10-26(21(19)20(14-17)15-24)9-5-11-28-22(27)18-6-3-2-4-7-18/h2-4,6-7,13-14,16,25H,5,8-12H2,1H3/t16-/m1/s1. The second-order valence-electron chi connectivity index (χ2n) is 7.07. The van der Waals surface area contributed by atoms with Gasteiger partial charge in [-0.3, -0.25) is 3.53 Å². The predicted octanol–water partition coefficient (Wildman–Crippen LogP) is 4.04. The topological polar surface area (TPSA) is 65.4 Å². The number of carbonyl (C=O) groups is 1. The highest BCUT2D eigenvalue weighted by molar-refractivity contribution is 14.1. The normalized spacial score (nSPS) is 13.7. The van der Waals surface area contributed by atoms with Crippen LogP contribution < -0.4 is 8.43 Å². The Hall–Kier alpha value is -2.11. The van der Waals surface area contributed by atoms with Gasteiger partial charge in [0.15, 0.2) is 0 Å². The molecule has 0 bridgehead atoms. The number of rotatable bonds is 8. The zero-order valence-electron chi connectivity index (χ0n) is 16.0. The second-order valence-corrected chi connectivity index (χ2v) is 7.69. The third-order valence-corrected chi connectivity index (χ3v) is 5.94. The highest BCUT2D eigenvalue weighted by Gasteiger charge is 2.23. The Kier molecular flexibility index (Phi) is 7.29. The molecule has 0 unspecified atom stereocenters. The van der Waals surface area contributed by atoms with Gasteiger partial charge in [0.05, 0.1) is 23.4 Å². The number of carbonyl (C=O) groups excluding carboxylic acids is 1. The molecule has 28 heavy (non-hydrogen) atoms. The van der Waals surface area contributed by atoms with Crippen molar-refractivity contribution in [1.82, 2.24) is 3.53 Å². The summed E-state index contributed by atoms with van der Waals surface area (Å²) in [4.78, 5) is 14.2. The van der Waals surface area contributed by atoms with Crippen LogP contribution in [0.2, 0.25) is 0 Å². The van der Waals surface area contributed by atoms with E-state index in [9.17, 15) is 10.1 Å². The Morgan fingerprint density at radius 1 is 1.36 bits per heavy atom. The Bertz CT molecular complexity index is 864. The summed E-state index contributed by atoms with van der Waals surface area (Å²) in [6.45, 7) is 4.18. The molecule has 0 aromatic heterocycles. The van der Waals surface area contributed by atoms with Gasteiger partial charge in [0.25, 0.3) is 0 Å². The molecule has 3 rings (SSSR count). The lowest BCUT2D eigenvalue weighted by Gasteiger charge is -2.21. The van der Waals surface area contributed by atoms with Gasteiger partial charge in [0.1, 0.15) is 6.07 Å². The van der Waals surface area contributed by atoms with Crippen LogP contribution in [0.15, 0.2) is 42.5 Å². The van der Waals surface area contributed by atoms with Crippen LogP contribution in [-0.2, 0) is 17.6 Å². The van der Waals surface area contributed by atoms with Crippen LogP contribution in [-0.4, -0.2) is 31.7 Å². The first-order chi connectivity index (χ1) is 13.6. The fraction of sp³-hybridized carbons (Fsp3) is 0.364. The van der Waals surface area contributed by atoms with Gasteiger partial charge in [0, 0.05) is 42.0 Å². The first kappa shape index (κ1) is 20.6. The molecule has 1 N–H and O–H groups in total. The molecule has 1 aliphatic heterocycles. The van der Waals surface area contributed by atoms with E-state index in [1.807, 2.05) is 24.3 Å². The number of fused-ring (bicyclic) bond motifs is 1. The fourth-order valence-corrected chi connectivity index (χ4v) is 3.81. The van der Waals surface area contributed by atoms with E-state index in [1.165, 1.54) is 11.1 Å². The summed E-state index contributed by atoms with van der Waals surface area (Å²) < 4.78 is 8.59. The molecule has 0 amide bonds. The number of esters is 1. The summed E-state index contributed by atoms with van der Waals surface area (Å²) in [6.07, 6.45) is 2.59. The fourth-order valence-electron chi connectivity index (χ4n) is 3.59. The average Bonchev–Trinajstić information content (AvgIpc) is 3.13. The number of benzene rings is 2. The van der Waals surface area contributed by atoms with Gasteiger partial charge in [-0.15, -0.1) is 0 Å². The van der Waals surface area contributed by atoms with Crippen molar-refractivity contribution >= 4 is 34.5 Å². The van der Waals surface area contributed by atoms with Gasteiger partial charge in [-0.25, -0.2) is 4.79 Å². The molecule has 1 atom stereocenters. The molecule has 5 nitrogen and oxygen atoms in total. The lowest BCUT2D eigenvalue weighted by molar-refractivity contribution is 0.0502. The van der Waals surface area contributed by atoms with E-state index in [1.54, 1.807) is 12.1 Å². The molecular weight excluding hydrogens is 465 g/mol. The quantitative estimate of drug-likeness (QED) is 0.263. The number of hydrogen-bond donors (Lipinski definition) is 1. The van der Waals surface area contributed by atoms with Gasteiger partial charge >= 0.3 is 5.97 Å². The molecular formula is C22H24IN3O2. The smallest absolute Gasteiger partial charge is 0.338 e. The van der Waals surface area contributed by atoms with Crippen LogP contribution >= 0.6 is 22.9 Å². The summed E-state index contributed by atoms with van der Waals surface area (Å²) in [7, 11) is 0. The van der Waals surface area contributed by atoms with Gasteiger partial charge in [-0.05, 0) is 55.5 Å². The Labute approximate surface area is 180 Å². The van der Waals surface area contributed by atoms with Crippen LogP contribution in [0.25, 0.3) is 0 Å². The summed E-state index contributed by atoms with van der Waals surface area (Å²) in [5.74, 6) is -0.289. The van der Waals surface area contributed by atoms with Crippen LogP contribution in [0.1, 0.15) is 40.4 Å². The molecule has 2 aromatic rings. The Morgan fingerprint density at radius 2 is 2.14 bits per heavy atom. The first-order valence-corrected chi connectivity index (χ1v) is 10.6. The number of hydrogen-bond acceptors (Lipinski definition) is 5. The van der Waals surface area contributed by atoms with Crippen molar-refractivity contribution in [2.45, 2.75) is 32.2 Å². The van der Waals surface area contributed by atoms with E-state index in [0.29, 0.717) is 18.2 Å². The lowest BCUT2D eigenvalue weighted by atomic mass is 9.99. The molecule has 0 saturated carbocycles. The van der Waals surface area contributed by atoms with Crippen LogP contribution in [0.4, 0.5) is 5.69 Å². The summed E-state index contributed by atoms with van der Waals surface area (Å²) in [5, 5.41) is 9.64. The maximum Gasteiger partial charge on any atom is 0.338 e. The summed E-state index contributed by atoms with van der Waals surface area (Å²) in [6, 6.07) is 16.0. The van der Waals surface area contributed by atoms with E-state index in [4.69, 9.17) is 4.74 Å². The third kappa shape index (κ3) is 5.03. The van der Waals surface area contributed by atoms with Gasteiger partial charge in [-0.2, -0.15) is 5.26 Å². The lowest BCUT2D eigenvalue weighted by Crippen LogP contribution is -2.24. The number of nitriles is 1. The molecule has 0 radical (unpaired) electrons. The van der Waals surface area contributed by atoms with E-state index in [0.717, 1.165) is 43.6 Å². The highest BCUT2D eigenvalue weighted by atomic mass is 127. The number of ether oxygens (including phenoxy) is 1. The zero-order chi connectivity index (χ0) is 19.9. The molecule has 6 heteroatoms. The van der Waals surface area contributed by atoms with Crippen molar-refractivity contribution in [2.75, 3.05) is 24.6 Å². The first-order valence-electron chi connectivity index (χ1n) is 9.51. The predicted molar refractivity (Wildman–Crippen MR) is 119 cm³/mol. The van der Waals surface area contributed by atoms with Crippen molar-refractivity contribution in [1.29, 1.82) is 5.26 Å².